The van der Waals surface area contributed by atoms with Gasteiger partial charge in [-0.05, 0) is 30.2 Å². The molecule has 0 saturated heterocycles. The van der Waals surface area contributed by atoms with E-state index in [4.69, 9.17) is 5.73 Å². The van der Waals surface area contributed by atoms with Crippen molar-refractivity contribution in [2.75, 3.05) is 5.73 Å². The Balaban J connectivity index is 2.08. The summed E-state index contributed by atoms with van der Waals surface area (Å²) in [6, 6.07) is 16.0. The topological polar surface area (TPSA) is 72.2 Å². The van der Waals surface area contributed by atoms with Crippen LogP contribution in [0.15, 0.2) is 54.6 Å². The average Bonchev–Trinajstić information content (AvgIpc) is 2.38. The van der Waals surface area contributed by atoms with Gasteiger partial charge >= 0.3 is 0 Å². The summed E-state index contributed by atoms with van der Waals surface area (Å²) in [5.41, 5.74) is 7.94. The molecule has 20 heavy (non-hydrogen) atoms. The number of nitrogens with two attached hydrogens (primary N) is 1. The van der Waals surface area contributed by atoms with Crippen molar-refractivity contribution >= 4 is 15.7 Å². The zero-order valence-corrected chi connectivity index (χ0v) is 12.1. The van der Waals surface area contributed by atoms with Crippen LogP contribution in [0.1, 0.15) is 24.1 Å². The van der Waals surface area contributed by atoms with Gasteiger partial charge in [-0.1, -0.05) is 42.5 Å². The van der Waals surface area contributed by atoms with Crippen LogP contribution in [-0.4, -0.2) is 8.42 Å². The van der Waals surface area contributed by atoms with Gasteiger partial charge in [0, 0.05) is 11.7 Å². The molecule has 0 fully saturated rings. The molecule has 0 bridgehead atoms. The maximum Gasteiger partial charge on any atom is 0.216 e. The summed E-state index contributed by atoms with van der Waals surface area (Å²) in [5, 5.41) is 0. The molecule has 0 spiro atoms. The molecule has 0 saturated carbocycles. The van der Waals surface area contributed by atoms with E-state index in [1.807, 2.05) is 30.3 Å². The summed E-state index contributed by atoms with van der Waals surface area (Å²) in [5.74, 6) is -0.0273. The van der Waals surface area contributed by atoms with Crippen molar-refractivity contribution in [1.82, 2.24) is 4.72 Å². The third-order valence-electron chi connectivity index (χ3n) is 2.97. The molecule has 1 atom stereocenters. The smallest absolute Gasteiger partial charge is 0.216 e. The fraction of sp³-hybridized carbons (Fsp3) is 0.200. The fourth-order valence-corrected chi connectivity index (χ4v) is 3.39. The van der Waals surface area contributed by atoms with Crippen LogP contribution in [0.3, 0.4) is 0 Å². The highest BCUT2D eigenvalue weighted by Crippen LogP contribution is 2.17. The Kier molecular flexibility index (Phi) is 4.42. The van der Waals surface area contributed by atoms with Crippen molar-refractivity contribution in [3.8, 4) is 0 Å². The van der Waals surface area contributed by atoms with E-state index in [0.29, 0.717) is 5.69 Å². The van der Waals surface area contributed by atoms with Crippen LogP contribution < -0.4 is 10.5 Å². The van der Waals surface area contributed by atoms with E-state index in [0.717, 1.165) is 11.1 Å². The van der Waals surface area contributed by atoms with Crippen molar-refractivity contribution in [2.24, 2.45) is 0 Å². The lowest BCUT2D eigenvalue weighted by molar-refractivity contribution is 0.566. The van der Waals surface area contributed by atoms with Crippen molar-refractivity contribution in [1.29, 1.82) is 0 Å². The minimum atomic E-state index is -3.39. The molecule has 4 nitrogen and oxygen atoms in total. The number of benzene rings is 2. The predicted molar refractivity (Wildman–Crippen MR) is 81.5 cm³/mol. The Hall–Kier alpha value is -1.85. The lowest BCUT2D eigenvalue weighted by Crippen LogP contribution is -2.28. The van der Waals surface area contributed by atoms with Crippen LogP contribution in [0.4, 0.5) is 5.69 Å². The molecular formula is C15H18N2O2S. The van der Waals surface area contributed by atoms with Gasteiger partial charge in [-0.2, -0.15) is 0 Å². The first-order valence-electron chi connectivity index (χ1n) is 6.36. The average molecular weight is 290 g/mol. The molecule has 0 heterocycles. The van der Waals surface area contributed by atoms with Gasteiger partial charge in [0.1, 0.15) is 0 Å². The summed E-state index contributed by atoms with van der Waals surface area (Å²) in [4.78, 5) is 0. The molecule has 1 unspecified atom stereocenters. The van der Waals surface area contributed by atoms with E-state index in [1.165, 1.54) is 0 Å². The van der Waals surface area contributed by atoms with Crippen LogP contribution in [0, 0.1) is 0 Å². The van der Waals surface area contributed by atoms with Gasteiger partial charge in [0.25, 0.3) is 0 Å². The summed E-state index contributed by atoms with van der Waals surface area (Å²) in [6.45, 7) is 1.80. The summed E-state index contributed by atoms with van der Waals surface area (Å²) in [7, 11) is -3.39. The van der Waals surface area contributed by atoms with Gasteiger partial charge in [0.2, 0.25) is 10.0 Å². The molecule has 2 aromatic rings. The van der Waals surface area contributed by atoms with E-state index in [2.05, 4.69) is 4.72 Å². The highest BCUT2D eigenvalue weighted by molar-refractivity contribution is 7.88. The summed E-state index contributed by atoms with van der Waals surface area (Å²) in [6.07, 6.45) is 0. The molecule has 2 rings (SSSR count). The maximum absolute atomic E-state index is 12.1. The van der Waals surface area contributed by atoms with Gasteiger partial charge in [-0.25, -0.2) is 13.1 Å². The highest BCUT2D eigenvalue weighted by atomic mass is 32.2. The maximum atomic E-state index is 12.1. The lowest BCUT2D eigenvalue weighted by Gasteiger charge is -2.15. The van der Waals surface area contributed by atoms with E-state index in [-0.39, 0.29) is 11.8 Å². The molecule has 0 aliphatic heterocycles. The van der Waals surface area contributed by atoms with Crippen molar-refractivity contribution in [2.45, 2.75) is 18.7 Å². The monoisotopic (exact) mass is 290 g/mol. The molecule has 3 N–H and O–H groups in total. The quantitative estimate of drug-likeness (QED) is 0.831. The number of anilines is 1. The highest BCUT2D eigenvalue weighted by Gasteiger charge is 2.16. The number of hydrogen-bond acceptors (Lipinski definition) is 3. The molecule has 0 amide bonds. The number of nitrogens with one attached hydrogen (secondary N) is 1. The molecule has 0 aliphatic rings. The van der Waals surface area contributed by atoms with Gasteiger partial charge < -0.3 is 5.73 Å². The SMILES string of the molecule is CC(NS(=O)(=O)Cc1ccccc1)c1cccc(N)c1. The molecule has 0 radical (unpaired) electrons. The first-order chi connectivity index (χ1) is 9.46. The number of sulfonamides is 1. The molecular weight excluding hydrogens is 272 g/mol. The molecule has 5 heteroatoms. The van der Waals surface area contributed by atoms with Gasteiger partial charge in [0.15, 0.2) is 0 Å². The first kappa shape index (κ1) is 14.6. The van der Waals surface area contributed by atoms with Crippen molar-refractivity contribution < 1.29 is 8.42 Å². The van der Waals surface area contributed by atoms with Gasteiger partial charge in [-0.3, -0.25) is 0 Å². The normalized spacial score (nSPS) is 13.1. The standard InChI is InChI=1S/C15H18N2O2S/c1-12(14-8-5-9-15(16)10-14)17-20(18,19)11-13-6-3-2-4-7-13/h2-10,12,17H,11,16H2,1H3. The van der Waals surface area contributed by atoms with Crippen LogP contribution in [0.2, 0.25) is 0 Å². The van der Waals surface area contributed by atoms with Crippen molar-refractivity contribution in [3.05, 3.63) is 65.7 Å². The second kappa shape index (κ2) is 6.07. The Labute approximate surface area is 119 Å². The van der Waals surface area contributed by atoms with Crippen LogP contribution >= 0.6 is 0 Å². The van der Waals surface area contributed by atoms with E-state index < -0.39 is 10.0 Å². The number of nitrogen functional groups attached to an aromatic ring is 1. The second-order valence-electron chi connectivity index (χ2n) is 4.75. The minimum absolute atomic E-state index is 0.0273. The minimum Gasteiger partial charge on any atom is -0.399 e. The first-order valence-corrected chi connectivity index (χ1v) is 8.01. The Morgan fingerprint density at radius 2 is 1.80 bits per heavy atom. The predicted octanol–water partition coefficient (Wildman–Crippen LogP) is 2.45. The molecule has 0 aromatic heterocycles. The Morgan fingerprint density at radius 1 is 1.10 bits per heavy atom. The second-order valence-corrected chi connectivity index (χ2v) is 6.51. The molecule has 0 aliphatic carbocycles. The third kappa shape index (κ3) is 4.08. The summed E-state index contributed by atoms with van der Waals surface area (Å²) < 4.78 is 26.9. The Morgan fingerprint density at radius 3 is 2.45 bits per heavy atom. The number of hydrogen-bond donors (Lipinski definition) is 2. The van der Waals surface area contributed by atoms with E-state index >= 15 is 0 Å². The fourth-order valence-electron chi connectivity index (χ4n) is 2.00. The van der Waals surface area contributed by atoms with Gasteiger partial charge in [0.05, 0.1) is 5.75 Å². The summed E-state index contributed by atoms with van der Waals surface area (Å²) >= 11 is 0. The van der Waals surface area contributed by atoms with Crippen LogP contribution in [-0.2, 0) is 15.8 Å². The van der Waals surface area contributed by atoms with Crippen LogP contribution in [0.5, 0.6) is 0 Å². The van der Waals surface area contributed by atoms with E-state index in [9.17, 15) is 8.42 Å². The van der Waals surface area contributed by atoms with Crippen LogP contribution in [0.25, 0.3) is 0 Å². The Bertz CT molecular complexity index is 669. The largest absolute Gasteiger partial charge is 0.399 e. The van der Waals surface area contributed by atoms with Gasteiger partial charge in [-0.15, -0.1) is 0 Å². The van der Waals surface area contributed by atoms with E-state index in [1.54, 1.807) is 31.2 Å². The van der Waals surface area contributed by atoms with Crippen molar-refractivity contribution in [3.63, 3.8) is 0 Å². The zero-order chi connectivity index (χ0) is 14.6. The number of rotatable bonds is 5. The molecule has 2 aromatic carbocycles. The third-order valence-corrected chi connectivity index (χ3v) is 4.39. The zero-order valence-electron chi connectivity index (χ0n) is 11.3. The lowest BCUT2D eigenvalue weighted by atomic mass is 10.1. The molecule has 106 valence electrons.